The standard InChI is InChI=1S/C16H18N2O4/c1-18-13(10-21-12-5-3-2-4-6-12)14(16(19)20)15(17-18)22-9-11-7-8-11/h2-6,11H,7-10H2,1H3,(H,19,20). The molecule has 1 aromatic heterocycles. The molecule has 1 heterocycles. The highest BCUT2D eigenvalue weighted by Gasteiger charge is 2.27. The summed E-state index contributed by atoms with van der Waals surface area (Å²) in [7, 11) is 1.69. The number of aryl methyl sites for hydroxylation is 1. The molecule has 116 valence electrons. The summed E-state index contributed by atoms with van der Waals surface area (Å²) in [5.41, 5.74) is 0.571. The van der Waals surface area contributed by atoms with Crippen molar-refractivity contribution in [2.75, 3.05) is 6.61 Å². The van der Waals surface area contributed by atoms with Crippen LogP contribution in [0.3, 0.4) is 0 Å². The van der Waals surface area contributed by atoms with Crippen LogP contribution < -0.4 is 9.47 Å². The molecule has 0 bridgehead atoms. The van der Waals surface area contributed by atoms with Crippen molar-refractivity contribution in [2.24, 2.45) is 13.0 Å². The topological polar surface area (TPSA) is 73.6 Å². The molecule has 1 N–H and O–H groups in total. The molecule has 1 aliphatic carbocycles. The summed E-state index contributed by atoms with van der Waals surface area (Å²) in [6.07, 6.45) is 2.28. The molecule has 0 saturated heterocycles. The van der Waals surface area contributed by atoms with Gasteiger partial charge in [-0.1, -0.05) is 18.2 Å². The Morgan fingerprint density at radius 1 is 1.32 bits per heavy atom. The Kier molecular flexibility index (Phi) is 4.00. The van der Waals surface area contributed by atoms with Gasteiger partial charge in [0.25, 0.3) is 0 Å². The van der Waals surface area contributed by atoms with Gasteiger partial charge in [-0.2, -0.15) is 0 Å². The number of benzene rings is 1. The van der Waals surface area contributed by atoms with Gasteiger partial charge in [-0.05, 0) is 30.9 Å². The molecule has 0 spiro atoms. The molecule has 0 atom stereocenters. The summed E-state index contributed by atoms with van der Waals surface area (Å²) in [6.45, 7) is 0.651. The van der Waals surface area contributed by atoms with Gasteiger partial charge in [-0.15, -0.1) is 5.10 Å². The lowest BCUT2D eigenvalue weighted by atomic mass is 10.2. The van der Waals surface area contributed by atoms with Crippen molar-refractivity contribution in [1.29, 1.82) is 0 Å². The molecule has 1 aliphatic rings. The van der Waals surface area contributed by atoms with Crippen molar-refractivity contribution in [2.45, 2.75) is 19.4 Å². The highest BCUT2D eigenvalue weighted by molar-refractivity contribution is 5.91. The number of carboxylic acid groups (broad SMARTS) is 1. The molecule has 6 heteroatoms. The van der Waals surface area contributed by atoms with Gasteiger partial charge in [0, 0.05) is 7.05 Å². The van der Waals surface area contributed by atoms with Crippen molar-refractivity contribution in [1.82, 2.24) is 9.78 Å². The normalized spacial score (nSPS) is 13.9. The minimum atomic E-state index is -1.05. The monoisotopic (exact) mass is 302 g/mol. The van der Waals surface area contributed by atoms with Gasteiger partial charge >= 0.3 is 5.97 Å². The predicted molar refractivity (Wildman–Crippen MR) is 79.2 cm³/mol. The number of para-hydroxylation sites is 1. The number of hydrogen-bond donors (Lipinski definition) is 1. The van der Waals surface area contributed by atoms with E-state index < -0.39 is 5.97 Å². The lowest BCUT2D eigenvalue weighted by molar-refractivity contribution is 0.0688. The van der Waals surface area contributed by atoms with Crippen LogP contribution in [0.15, 0.2) is 30.3 Å². The van der Waals surface area contributed by atoms with Gasteiger partial charge in [0.1, 0.15) is 17.9 Å². The van der Waals surface area contributed by atoms with Crippen molar-refractivity contribution >= 4 is 5.97 Å². The van der Waals surface area contributed by atoms with E-state index in [1.807, 2.05) is 30.3 Å². The molecule has 6 nitrogen and oxygen atoms in total. The molecule has 1 aromatic carbocycles. The Bertz CT molecular complexity index is 662. The molecule has 0 radical (unpaired) electrons. The number of aromatic nitrogens is 2. The predicted octanol–water partition coefficient (Wildman–Crippen LogP) is 2.49. The molecule has 0 unspecified atom stereocenters. The van der Waals surface area contributed by atoms with Gasteiger partial charge in [0.2, 0.25) is 5.88 Å². The summed E-state index contributed by atoms with van der Waals surface area (Å²) in [6, 6.07) is 9.26. The third-order valence-electron chi connectivity index (χ3n) is 3.62. The maximum absolute atomic E-state index is 11.5. The van der Waals surface area contributed by atoms with Crippen molar-refractivity contribution in [3.63, 3.8) is 0 Å². The van der Waals surface area contributed by atoms with Gasteiger partial charge < -0.3 is 14.6 Å². The van der Waals surface area contributed by atoms with Crippen molar-refractivity contribution in [3.05, 3.63) is 41.6 Å². The van der Waals surface area contributed by atoms with E-state index >= 15 is 0 Å². The molecular formula is C16H18N2O4. The SMILES string of the molecule is Cn1nc(OCC2CC2)c(C(=O)O)c1COc1ccccc1. The van der Waals surface area contributed by atoms with Gasteiger partial charge in [-0.3, -0.25) is 4.68 Å². The zero-order chi connectivity index (χ0) is 15.5. The summed E-state index contributed by atoms with van der Waals surface area (Å²) < 4.78 is 12.7. The van der Waals surface area contributed by atoms with Gasteiger partial charge in [-0.25, -0.2) is 4.79 Å². The molecule has 0 amide bonds. The maximum atomic E-state index is 11.5. The van der Waals surface area contributed by atoms with Crippen LogP contribution in [0.1, 0.15) is 28.9 Å². The van der Waals surface area contributed by atoms with Crippen LogP contribution in [0.4, 0.5) is 0 Å². The fraction of sp³-hybridized carbons (Fsp3) is 0.375. The molecular weight excluding hydrogens is 284 g/mol. The summed E-state index contributed by atoms with van der Waals surface area (Å²) >= 11 is 0. The quantitative estimate of drug-likeness (QED) is 0.850. The van der Waals surface area contributed by atoms with Crippen molar-refractivity contribution < 1.29 is 19.4 Å². The number of carbonyl (C=O) groups is 1. The largest absolute Gasteiger partial charge is 0.487 e. The van der Waals surface area contributed by atoms with Crippen LogP contribution in [0.25, 0.3) is 0 Å². The Morgan fingerprint density at radius 2 is 2.05 bits per heavy atom. The number of nitrogens with zero attached hydrogens (tertiary/aromatic N) is 2. The lowest BCUT2D eigenvalue weighted by Crippen LogP contribution is -2.09. The highest BCUT2D eigenvalue weighted by Crippen LogP contribution is 2.31. The number of ether oxygens (including phenoxy) is 2. The molecule has 22 heavy (non-hydrogen) atoms. The van der Waals surface area contributed by atoms with Crippen LogP contribution in [-0.2, 0) is 13.7 Å². The van der Waals surface area contributed by atoms with E-state index in [1.54, 1.807) is 7.05 Å². The lowest BCUT2D eigenvalue weighted by Gasteiger charge is -2.07. The Hall–Kier alpha value is -2.50. The number of carboxylic acids is 1. The Labute approximate surface area is 128 Å². The van der Waals surface area contributed by atoms with Gasteiger partial charge in [0.15, 0.2) is 0 Å². The van der Waals surface area contributed by atoms with E-state index in [0.717, 1.165) is 12.8 Å². The van der Waals surface area contributed by atoms with Crippen LogP contribution in [-0.4, -0.2) is 27.5 Å². The van der Waals surface area contributed by atoms with Crippen LogP contribution in [0, 0.1) is 5.92 Å². The third kappa shape index (κ3) is 3.21. The van der Waals surface area contributed by atoms with E-state index in [0.29, 0.717) is 24.0 Å². The molecule has 0 aliphatic heterocycles. The number of rotatable bonds is 7. The second-order valence-corrected chi connectivity index (χ2v) is 5.41. The van der Waals surface area contributed by atoms with E-state index in [4.69, 9.17) is 9.47 Å². The zero-order valence-electron chi connectivity index (χ0n) is 12.4. The second kappa shape index (κ2) is 6.09. The fourth-order valence-corrected chi connectivity index (χ4v) is 2.16. The zero-order valence-corrected chi connectivity index (χ0v) is 12.4. The van der Waals surface area contributed by atoms with Crippen LogP contribution in [0.2, 0.25) is 0 Å². The fourth-order valence-electron chi connectivity index (χ4n) is 2.16. The first-order chi connectivity index (χ1) is 10.6. The van der Waals surface area contributed by atoms with E-state index in [9.17, 15) is 9.90 Å². The Balaban J connectivity index is 1.77. The van der Waals surface area contributed by atoms with E-state index in [1.165, 1.54) is 4.68 Å². The summed E-state index contributed by atoms with van der Waals surface area (Å²) in [5, 5.41) is 13.6. The first-order valence-corrected chi connectivity index (χ1v) is 7.25. The molecule has 1 fully saturated rings. The molecule has 3 rings (SSSR count). The first kappa shape index (κ1) is 14.4. The average Bonchev–Trinajstić information content (AvgIpc) is 3.27. The minimum Gasteiger partial charge on any atom is -0.487 e. The third-order valence-corrected chi connectivity index (χ3v) is 3.62. The smallest absolute Gasteiger partial charge is 0.343 e. The minimum absolute atomic E-state index is 0.0825. The van der Waals surface area contributed by atoms with Crippen LogP contribution in [0.5, 0.6) is 11.6 Å². The maximum Gasteiger partial charge on any atom is 0.343 e. The molecule has 1 saturated carbocycles. The number of hydrogen-bond acceptors (Lipinski definition) is 4. The average molecular weight is 302 g/mol. The first-order valence-electron chi connectivity index (χ1n) is 7.25. The molecule has 2 aromatic rings. The second-order valence-electron chi connectivity index (χ2n) is 5.41. The summed E-state index contributed by atoms with van der Waals surface area (Å²) in [5.74, 6) is 0.340. The van der Waals surface area contributed by atoms with Gasteiger partial charge in [0.05, 0.1) is 12.3 Å². The highest BCUT2D eigenvalue weighted by atomic mass is 16.5. The van der Waals surface area contributed by atoms with Crippen molar-refractivity contribution in [3.8, 4) is 11.6 Å². The summed E-state index contributed by atoms with van der Waals surface area (Å²) in [4.78, 5) is 11.5. The van der Waals surface area contributed by atoms with E-state index in [2.05, 4.69) is 5.10 Å². The number of aromatic carboxylic acids is 1. The van der Waals surface area contributed by atoms with Crippen LogP contribution >= 0.6 is 0 Å². The van der Waals surface area contributed by atoms with E-state index in [-0.39, 0.29) is 18.1 Å². The Morgan fingerprint density at radius 3 is 2.68 bits per heavy atom.